The highest BCUT2D eigenvalue weighted by Crippen LogP contribution is 2.29. The minimum atomic E-state index is -4.49. The van der Waals surface area contributed by atoms with Crippen LogP contribution in [0.4, 0.5) is 13.2 Å². The third-order valence-corrected chi connectivity index (χ3v) is 4.86. The quantitative estimate of drug-likeness (QED) is 0.706. The number of nitrogens with zero attached hydrogens (tertiary/aromatic N) is 2. The van der Waals surface area contributed by atoms with Gasteiger partial charge in [-0.05, 0) is 36.4 Å². The van der Waals surface area contributed by atoms with Crippen LogP contribution in [0.5, 0.6) is 0 Å². The summed E-state index contributed by atoms with van der Waals surface area (Å²) in [5.74, 6) is -0.599. The number of carbonyl (C=O) groups excluding carboxylic acids is 2. The normalized spacial score (nSPS) is 15.0. The Balaban J connectivity index is 1.65. The molecule has 2 amide bonds. The van der Waals surface area contributed by atoms with Crippen LogP contribution in [-0.4, -0.2) is 47.8 Å². The standard InChI is InChI=1S/C19H16BrF3N2O2/c20-16-6-2-4-14(12-16)18(27)25-9-7-24(8-10-25)17(26)13-3-1-5-15(11-13)19(21,22)23/h1-6,11-12H,7-10H2. The molecule has 3 rings (SSSR count). The van der Waals surface area contributed by atoms with Crippen molar-refractivity contribution in [1.82, 2.24) is 9.80 Å². The number of benzene rings is 2. The van der Waals surface area contributed by atoms with Gasteiger partial charge in [0.25, 0.3) is 11.8 Å². The average Bonchev–Trinajstić information content (AvgIpc) is 2.66. The molecule has 8 heteroatoms. The van der Waals surface area contributed by atoms with Gasteiger partial charge in [-0.1, -0.05) is 28.1 Å². The van der Waals surface area contributed by atoms with Gasteiger partial charge in [0.2, 0.25) is 0 Å². The number of carbonyl (C=O) groups is 2. The molecule has 0 radical (unpaired) electrons. The Morgan fingerprint density at radius 2 is 1.30 bits per heavy atom. The molecule has 0 aliphatic carbocycles. The van der Waals surface area contributed by atoms with E-state index in [0.717, 1.165) is 16.6 Å². The molecule has 0 spiro atoms. The van der Waals surface area contributed by atoms with Gasteiger partial charge < -0.3 is 9.80 Å². The maximum atomic E-state index is 12.8. The SMILES string of the molecule is O=C(c1cccc(Br)c1)N1CCN(C(=O)c2cccc(C(F)(F)F)c2)CC1. The fraction of sp³-hybridized carbons (Fsp3) is 0.263. The molecule has 4 nitrogen and oxygen atoms in total. The van der Waals surface area contributed by atoms with E-state index >= 15 is 0 Å². The lowest BCUT2D eigenvalue weighted by molar-refractivity contribution is -0.137. The molecule has 0 bridgehead atoms. The molecule has 1 saturated heterocycles. The number of hydrogen-bond acceptors (Lipinski definition) is 2. The summed E-state index contributed by atoms with van der Waals surface area (Å²) in [5, 5.41) is 0. The van der Waals surface area contributed by atoms with E-state index in [1.54, 1.807) is 23.1 Å². The lowest BCUT2D eigenvalue weighted by Gasteiger charge is -2.35. The van der Waals surface area contributed by atoms with E-state index in [1.165, 1.54) is 17.0 Å². The molecule has 142 valence electrons. The summed E-state index contributed by atoms with van der Waals surface area (Å²) < 4.78 is 39.3. The Morgan fingerprint density at radius 1 is 0.815 bits per heavy atom. The molecule has 1 aliphatic rings. The van der Waals surface area contributed by atoms with E-state index in [9.17, 15) is 22.8 Å². The summed E-state index contributed by atoms with van der Waals surface area (Å²) in [4.78, 5) is 28.2. The van der Waals surface area contributed by atoms with E-state index in [4.69, 9.17) is 0 Å². The fourth-order valence-electron chi connectivity index (χ4n) is 2.93. The largest absolute Gasteiger partial charge is 0.416 e. The smallest absolute Gasteiger partial charge is 0.335 e. The minimum absolute atomic E-state index is 0.00316. The van der Waals surface area contributed by atoms with E-state index in [-0.39, 0.29) is 24.6 Å². The van der Waals surface area contributed by atoms with Crippen molar-refractivity contribution in [3.8, 4) is 0 Å². The van der Waals surface area contributed by atoms with Gasteiger partial charge >= 0.3 is 6.18 Å². The summed E-state index contributed by atoms with van der Waals surface area (Å²) >= 11 is 3.32. The van der Waals surface area contributed by atoms with Crippen molar-refractivity contribution < 1.29 is 22.8 Å². The molecular weight excluding hydrogens is 425 g/mol. The van der Waals surface area contributed by atoms with Crippen molar-refractivity contribution in [2.45, 2.75) is 6.18 Å². The van der Waals surface area contributed by atoms with Gasteiger partial charge in [0.05, 0.1) is 5.56 Å². The van der Waals surface area contributed by atoms with Gasteiger partial charge in [-0.2, -0.15) is 13.2 Å². The molecule has 1 heterocycles. The summed E-state index contributed by atoms with van der Waals surface area (Å²) in [6.07, 6.45) is -4.49. The monoisotopic (exact) mass is 440 g/mol. The average molecular weight is 441 g/mol. The maximum Gasteiger partial charge on any atom is 0.416 e. The number of hydrogen-bond donors (Lipinski definition) is 0. The molecule has 0 unspecified atom stereocenters. The first-order chi connectivity index (χ1) is 12.8. The van der Waals surface area contributed by atoms with Gasteiger partial charge in [-0.25, -0.2) is 0 Å². The molecule has 0 N–H and O–H groups in total. The summed E-state index contributed by atoms with van der Waals surface area (Å²) in [6, 6.07) is 11.4. The lowest BCUT2D eigenvalue weighted by atomic mass is 10.1. The highest BCUT2D eigenvalue weighted by molar-refractivity contribution is 9.10. The van der Waals surface area contributed by atoms with Crippen molar-refractivity contribution in [3.63, 3.8) is 0 Å². The van der Waals surface area contributed by atoms with Gasteiger partial charge in [0.15, 0.2) is 0 Å². The van der Waals surface area contributed by atoms with E-state index in [0.29, 0.717) is 18.7 Å². The number of amides is 2. The van der Waals surface area contributed by atoms with Crippen molar-refractivity contribution in [2.75, 3.05) is 26.2 Å². The van der Waals surface area contributed by atoms with Crippen LogP contribution in [0.1, 0.15) is 26.3 Å². The Hall–Kier alpha value is -2.35. The summed E-state index contributed by atoms with van der Waals surface area (Å²) in [6.45, 7) is 1.20. The van der Waals surface area contributed by atoms with Crippen molar-refractivity contribution in [3.05, 3.63) is 69.7 Å². The van der Waals surface area contributed by atoms with Crippen LogP contribution >= 0.6 is 15.9 Å². The molecular formula is C19H16BrF3N2O2. The topological polar surface area (TPSA) is 40.6 Å². The van der Waals surface area contributed by atoms with Crippen LogP contribution in [0.2, 0.25) is 0 Å². The maximum absolute atomic E-state index is 12.8. The highest BCUT2D eigenvalue weighted by atomic mass is 79.9. The minimum Gasteiger partial charge on any atom is -0.335 e. The second kappa shape index (κ2) is 7.72. The highest BCUT2D eigenvalue weighted by Gasteiger charge is 2.32. The molecule has 0 atom stereocenters. The van der Waals surface area contributed by atoms with Crippen LogP contribution in [0, 0.1) is 0 Å². The van der Waals surface area contributed by atoms with E-state index in [1.807, 2.05) is 6.07 Å². The van der Waals surface area contributed by atoms with Crippen LogP contribution in [0.25, 0.3) is 0 Å². The second-order valence-electron chi connectivity index (χ2n) is 6.17. The lowest BCUT2D eigenvalue weighted by Crippen LogP contribution is -2.50. The van der Waals surface area contributed by atoms with E-state index < -0.39 is 17.6 Å². The molecule has 0 saturated carbocycles. The van der Waals surface area contributed by atoms with E-state index in [2.05, 4.69) is 15.9 Å². The Labute approximate surface area is 162 Å². The van der Waals surface area contributed by atoms with Crippen molar-refractivity contribution in [1.29, 1.82) is 0 Å². The first kappa shape index (κ1) is 19.4. The summed E-state index contributed by atoms with van der Waals surface area (Å²) in [5.41, 5.74) is -0.310. The van der Waals surface area contributed by atoms with Crippen LogP contribution in [0.15, 0.2) is 53.0 Å². The third kappa shape index (κ3) is 4.50. The molecule has 2 aromatic rings. The first-order valence-electron chi connectivity index (χ1n) is 8.27. The van der Waals surface area contributed by atoms with Crippen LogP contribution < -0.4 is 0 Å². The molecule has 1 aliphatic heterocycles. The number of rotatable bonds is 2. The second-order valence-corrected chi connectivity index (χ2v) is 7.09. The van der Waals surface area contributed by atoms with Crippen LogP contribution in [-0.2, 0) is 6.18 Å². The molecule has 1 fully saturated rings. The predicted octanol–water partition coefficient (Wildman–Crippen LogP) is 4.07. The zero-order chi connectivity index (χ0) is 19.6. The Bertz CT molecular complexity index is 862. The Morgan fingerprint density at radius 3 is 1.78 bits per heavy atom. The molecule has 0 aromatic heterocycles. The predicted molar refractivity (Wildman–Crippen MR) is 97.4 cm³/mol. The molecule has 2 aromatic carbocycles. The Kier molecular flexibility index (Phi) is 5.55. The van der Waals surface area contributed by atoms with Crippen molar-refractivity contribution >= 4 is 27.7 Å². The number of alkyl halides is 3. The third-order valence-electron chi connectivity index (χ3n) is 4.36. The van der Waals surface area contributed by atoms with Gasteiger partial charge in [0.1, 0.15) is 0 Å². The zero-order valence-corrected chi connectivity index (χ0v) is 15.8. The van der Waals surface area contributed by atoms with Crippen molar-refractivity contribution in [2.24, 2.45) is 0 Å². The van der Waals surface area contributed by atoms with Gasteiger partial charge in [-0.15, -0.1) is 0 Å². The van der Waals surface area contributed by atoms with Gasteiger partial charge in [-0.3, -0.25) is 9.59 Å². The molecule has 27 heavy (non-hydrogen) atoms. The fourth-order valence-corrected chi connectivity index (χ4v) is 3.33. The van der Waals surface area contributed by atoms with Gasteiger partial charge in [0, 0.05) is 41.8 Å². The number of piperazine rings is 1. The summed E-state index contributed by atoms with van der Waals surface area (Å²) in [7, 11) is 0. The van der Waals surface area contributed by atoms with Crippen LogP contribution in [0.3, 0.4) is 0 Å². The zero-order valence-electron chi connectivity index (χ0n) is 14.2. The number of halogens is 4. The first-order valence-corrected chi connectivity index (χ1v) is 9.06.